The van der Waals surface area contributed by atoms with Gasteiger partial charge >= 0.3 is 0 Å². The SMILES string of the molecule is COc1ccccc1OCCN1CC(CSC(C)=O)CC1=O. The molecule has 1 aliphatic heterocycles. The summed E-state index contributed by atoms with van der Waals surface area (Å²) in [4.78, 5) is 24.7. The van der Waals surface area contributed by atoms with Crippen LogP contribution >= 0.6 is 11.8 Å². The lowest BCUT2D eigenvalue weighted by atomic mass is 10.1. The van der Waals surface area contributed by atoms with Gasteiger partial charge in [-0.05, 0) is 18.1 Å². The first-order chi connectivity index (χ1) is 10.6. The van der Waals surface area contributed by atoms with E-state index >= 15 is 0 Å². The van der Waals surface area contributed by atoms with Gasteiger partial charge in [0.2, 0.25) is 5.91 Å². The van der Waals surface area contributed by atoms with Crippen molar-refractivity contribution >= 4 is 22.8 Å². The summed E-state index contributed by atoms with van der Waals surface area (Å²) in [5.74, 6) is 2.47. The topological polar surface area (TPSA) is 55.8 Å². The summed E-state index contributed by atoms with van der Waals surface area (Å²) in [5, 5.41) is 0.102. The Hall–Kier alpha value is -1.69. The van der Waals surface area contributed by atoms with Crippen LogP contribution in [0.25, 0.3) is 0 Å². The molecule has 2 rings (SSSR count). The summed E-state index contributed by atoms with van der Waals surface area (Å²) >= 11 is 1.29. The van der Waals surface area contributed by atoms with Crippen molar-refractivity contribution < 1.29 is 19.1 Å². The minimum Gasteiger partial charge on any atom is -0.493 e. The number of amides is 1. The molecule has 0 aliphatic carbocycles. The molecular weight excluding hydrogens is 302 g/mol. The van der Waals surface area contributed by atoms with E-state index in [0.717, 1.165) is 0 Å². The Morgan fingerprint density at radius 1 is 1.36 bits per heavy atom. The molecule has 1 heterocycles. The van der Waals surface area contributed by atoms with Crippen molar-refractivity contribution in [3.63, 3.8) is 0 Å². The van der Waals surface area contributed by atoms with Gasteiger partial charge < -0.3 is 14.4 Å². The smallest absolute Gasteiger partial charge is 0.223 e. The summed E-state index contributed by atoms with van der Waals surface area (Å²) in [6, 6.07) is 7.45. The summed E-state index contributed by atoms with van der Waals surface area (Å²) in [5.41, 5.74) is 0. The van der Waals surface area contributed by atoms with E-state index < -0.39 is 0 Å². The van der Waals surface area contributed by atoms with Gasteiger partial charge in [0.1, 0.15) is 6.61 Å². The largest absolute Gasteiger partial charge is 0.493 e. The quantitative estimate of drug-likeness (QED) is 0.770. The lowest BCUT2D eigenvalue weighted by Crippen LogP contribution is -2.30. The average Bonchev–Trinajstić information content (AvgIpc) is 2.86. The van der Waals surface area contributed by atoms with Crippen LogP contribution in [0, 0.1) is 5.92 Å². The van der Waals surface area contributed by atoms with Crippen LogP contribution in [0.2, 0.25) is 0 Å². The molecule has 1 unspecified atom stereocenters. The maximum atomic E-state index is 11.9. The van der Waals surface area contributed by atoms with Gasteiger partial charge in [-0.1, -0.05) is 23.9 Å². The van der Waals surface area contributed by atoms with E-state index in [-0.39, 0.29) is 16.9 Å². The van der Waals surface area contributed by atoms with Crippen molar-refractivity contribution in [1.29, 1.82) is 0 Å². The molecule has 6 heteroatoms. The molecule has 1 amide bonds. The van der Waals surface area contributed by atoms with Crippen LogP contribution in [-0.2, 0) is 9.59 Å². The molecule has 1 fully saturated rings. The average molecular weight is 323 g/mol. The Balaban J connectivity index is 1.77. The van der Waals surface area contributed by atoms with Gasteiger partial charge in [0, 0.05) is 25.6 Å². The third kappa shape index (κ3) is 4.66. The monoisotopic (exact) mass is 323 g/mol. The molecule has 0 radical (unpaired) electrons. The molecule has 0 bridgehead atoms. The van der Waals surface area contributed by atoms with Crippen molar-refractivity contribution in [3.8, 4) is 11.5 Å². The molecular formula is C16H21NO4S. The molecule has 0 aromatic heterocycles. The van der Waals surface area contributed by atoms with Gasteiger partial charge in [0.25, 0.3) is 0 Å². The maximum Gasteiger partial charge on any atom is 0.223 e. The lowest BCUT2D eigenvalue weighted by Gasteiger charge is -2.17. The minimum absolute atomic E-state index is 0.102. The number of ether oxygens (including phenoxy) is 2. The highest BCUT2D eigenvalue weighted by Crippen LogP contribution is 2.26. The molecule has 1 aromatic rings. The van der Waals surface area contributed by atoms with Crippen molar-refractivity contribution in [2.45, 2.75) is 13.3 Å². The van der Waals surface area contributed by atoms with E-state index in [1.54, 1.807) is 18.9 Å². The number of carbonyl (C=O) groups excluding carboxylic acids is 2. The Morgan fingerprint density at radius 3 is 2.77 bits per heavy atom. The van der Waals surface area contributed by atoms with Crippen LogP contribution in [0.3, 0.4) is 0 Å². The summed E-state index contributed by atoms with van der Waals surface area (Å²) in [7, 11) is 1.60. The van der Waals surface area contributed by atoms with Gasteiger partial charge in [0.05, 0.1) is 13.7 Å². The number of methoxy groups -OCH3 is 1. The third-order valence-electron chi connectivity index (χ3n) is 3.50. The summed E-state index contributed by atoms with van der Waals surface area (Å²) in [6.07, 6.45) is 0.523. The van der Waals surface area contributed by atoms with Crippen molar-refractivity contribution in [1.82, 2.24) is 4.90 Å². The molecule has 1 saturated heterocycles. The van der Waals surface area contributed by atoms with Gasteiger partial charge in [0.15, 0.2) is 16.6 Å². The number of para-hydroxylation sites is 2. The number of rotatable bonds is 7. The number of carbonyl (C=O) groups is 2. The van der Waals surface area contributed by atoms with Crippen LogP contribution < -0.4 is 9.47 Å². The molecule has 120 valence electrons. The molecule has 0 spiro atoms. The Morgan fingerprint density at radius 2 is 2.09 bits per heavy atom. The fourth-order valence-electron chi connectivity index (χ4n) is 2.42. The highest BCUT2D eigenvalue weighted by molar-refractivity contribution is 8.13. The molecule has 0 N–H and O–H groups in total. The van der Waals surface area contributed by atoms with E-state index in [4.69, 9.17) is 9.47 Å². The lowest BCUT2D eigenvalue weighted by molar-refractivity contribution is -0.128. The number of nitrogens with zero attached hydrogens (tertiary/aromatic N) is 1. The van der Waals surface area contributed by atoms with Crippen molar-refractivity contribution in [2.75, 3.05) is 32.6 Å². The number of hydrogen-bond acceptors (Lipinski definition) is 5. The predicted molar refractivity (Wildman–Crippen MR) is 86.3 cm³/mol. The van der Waals surface area contributed by atoms with E-state index in [9.17, 15) is 9.59 Å². The van der Waals surface area contributed by atoms with Gasteiger partial charge in [-0.2, -0.15) is 0 Å². The van der Waals surface area contributed by atoms with E-state index in [1.807, 2.05) is 24.3 Å². The van der Waals surface area contributed by atoms with Gasteiger partial charge in [-0.3, -0.25) is 9.59 Å². The van der Waals surface area contributed by atoms with Crippen LogP contribution in [0.1, 0.15) is 13.3 Å². The standard InChI is InChI=1S/C16H21NO4S/c1-12(18)22-11-13-9-16(19)17(10-13)7-8-21-15-6-4-3-5-14(15)20-2/h3-6,13H,7-11H2,1-2H3. The minimum atomic E-state index is 0.102. The first-order valence-corrected chi connectivity index (χ1v) is 8.25. The molecule has 0 saturated carbocycles. The Bertz CT molecular complexity index is 535. The Labute approximate surface area is 135 Å². The zero-order valence-corrected chi connectivity index (χ0v) is 13.7. The number of benzene rings is 1. The van der Waals surface area contributed by atoms with Crippen LogP contribution in [0.4, 0.5) is 0 Å². The fourth-order valence-corrected chi connectivity index (χ4v) is 3.11. The van der Waals surface area contributed by atoms with Crippen LogP contribution in [-0.4, -0.2) is 48.5 Å². The van der Waals surface area contributed by atoms with Crippen LogP contribution in [0.5, 0.6) is 11.5 Å². The second-order valence-corrected chi connectivity index (χ2v) is 6.41. The molecule has 5 nitrogen and oxygen atoms in total. The van der Waals surface area contributed by atoms with E-state index in [0.29, 0.717) is 43.4 Å². The molecule has 22 heavy (non-hydrogen) atoms. The third-order valence-corrected chi connectivity index (χ3v) is 4.55. The van der Waals surface area contributed by atoms with E-state index in [2.05, 4.69) is 0 Å². The Kier molecular flexibility index (Phi) is 6.12. The maximum absolute atomic E-state index is 11.9. The molecule has 1 atom stereocenters. The highest BCUT2D eigenvalue weighted by Gasteiger charge is 2.29. The van der Waals surface area contributed by atoms with Gasteiger partial charge in [-0.15, -0.1) is 0 Å². The predicted octanol–water partition coefficient (Wildman–Crippen LogP) is 2.20. The highest BCUT2D eigenvalue weighted by atomic mass is 32.2. The fraction of sp³-hybridized carbons (Fsp3) is 0.500. The zero-order chi connectivity index (χ0) is 15.9. The van der Waals surface area contributed by atoms with Crippen molar-refractivity contribution in [2.24, 2.45) is 5.92 Å². The van der Waals surface area contributed by atoms with Crippen molar-refractivity contribution in [3.05, 3.63) is 24.3 Å². The first-order valence-electron chi connectivity index (χ1n) is 7.27. The number of hydrogen-bond donors (Lipinski definition) is 0. The zero-order valence-electron chi connectivity index (χ0n) is 12.9. The van der Waals surface area contributed by atoms with Crippen LogP contribution in [0.15, 0.2) is 24.3 Å². The molecule has 1 aliphatic rings. The molecule has 1 aromatic carbocycles. The van der Waals surface area contributed by atoms with Gasteiger partial charge in [-0.25, -0.2) is 0 Å². The van der Waals surface area contributed by atoms with E-state index in [1.165, 1.54) is 11.8 Å². The first kappa shape index (κ1) is 16.7. The second kappa shape index (κ2) is 8.08. The summed E-state index contributed by atoms with van der Waals surface area (Å²) in [6.45, 7) is 3.24. The summed E-state index contributed by atoms with van der Waals surface area (Å²) < 4.78 is 10.9. The number of likely N-dealkylation sites (tertiary alicyclic amines) is 1. The second-order valence-electron chi connectivity index (χ2n) is 5.21. The normalized spacial score (nSPS) is 17.6. The number of thioether (sulfide) groups is 1.